The lowest BCUT2D eigenvalue weighted by atomic mass is 9.92. The standard InChI is InChI=1S/C18H25FN4O2.ClH/c1-4-18(5-2,11-20)22-15(24)8-9-16-21-17(23-25-16)13-7-6-12(3)14(19)10-13;/h6-7,10H,4-5,8-9,11,20H2,1-3H3,(H,22,24);1H. The molecule has 6 nitrogen and oxygen atoms in total. The van der Waals surface area contributed by atoms with E-state index in [9.17, 15) is 9.18 Å². The molecule has 144 valence electrons. The first-order valence-corrected chi connectivity index (χ1v) is 8.53. The Morgan fingerprint density at radius 3 is 2.62 bits per heavy atom. The molecule has 0 aliphatic heterocycles. The number of nitrogens with zero attached hydrogens (tertiary/aromatic N) is 2. The third-order valence-electron chi connectivity index (χ3n) is 4.61. The molecule has 1 amide bonds. The van der Waals surface area contributed by atoms with Gasteiger partial charge in [-0.25, -0.2) is 4.39 Å². The largest absolute Gasteiger partial charge is 0.349 e. The highest BCUT2D eigenvalue weighted by molar-refractivity contribution is 5.85. The molecule has 1 aromatic heterocycles. The van der Waals surface area contributed by atoms with E-state index in [1.165, 1.54) is 6.07 Å². The van der Waals surface area contributed by atoms with Gasteiger partial charge in [-0.05, 0) is 31.4 Å². The lowest BCUT2D eigenvalue weighted by Gasteiger charge is -2.31. The molecule has 0 aliphatic carbocycles. The molecule has 0 radical (unpaired) electrons. The topological polar surface area (TPSA) is 94.0 Å². The van der Waals surface area contributed by atoms with Crippen LogP contribution in [0, 0.1) is 12.7 Å². The number of amides is 1. The maximum atomic E-state index is 13.6. The van der Waals surface area contributed by atoms with E-state index >= 15 is 0 Å². The van der Waals surface area contributed by atoms with Crippen LogP contribution < -0.4 is 11.1 Å². The Morgan fingerprint density at radius 1 is 1.35 bits per heavy atom. The Bertz CT molecular complexity index is 723. The summed E-state index contributed by atoms with van der Waals surface area (Å²) in [4.78, 5) is 16.4. The van der Waals surface area contributed by atoms with Crippen LogP contribution in [0.2, 0.25) is 0 Å². The summed E-state index contributed by atoms with van der Waals surface area (Å²) in [7, 11) is 0. The van der Waals surface area contributed by atoms with Gasteiger partial charge in [0.15, 0.2) is 0 Å². The molecular formula is C18H26ClFN4O2. The molecule has 8 heteroatoms. The summed E-state index contributed by atoms with van der Waals surface area (Å²) in [5.41, 5.74) is 6.52. The summed E-state index contributed by atoms with van der Waals surface area (Å²) < 4.78 is 18.8. The van der Waals surface area contributed by atoms with Gasteiger partial charge in [0.2, 0.25) is 17.6 Å². The van der Waals surface area contributed by atoms with Crippen LogP contribution in [-0.2, 0) is 11.2 Å². The molecule has 0 spiro atoms. The highest BCUT2D eigenvalue weighted by atomic mass is 35.5. The van der Waals surface area contributed by atoms with Gasteiger partial charge in [0.05, 0.1) is 5.54 Å². The molecule has 0 saturated carbocycles. The highest BCUT2D eigenvalue weighted by Crippen LogP contribution is 2.19. The van der Waals surface area contributed by atoms with Crippen LogP contribution in [0.4, 0.5) is 4.39 Å². The average molecular weight is 385 g/mol. The average Bonchev–Trinajstić information content (AvgIpc) is 3.09. The molecule has 0 unspecified atom stereocenters. The van der Waals surface area contributed by atoms with Crippen molar-refractivity contribution in [3.63, 3.8) is 0 Å². The fraction of sp³-hybridized carbons (Fsp3) is 0.500. The Balaban J connectivity index is 0.00000338. The number of hydrogen-bond acceptors (Lipinski definition) is 5. The molecule has 1 heterocycles. The molecule has 0 saturated heterocycles. The molecule has 0 fully saturated rings. The first-order valence-electron chi connectivity index (χ1n) is 8.53. The minimum absolute atomic E-state index is 0. The van der Waals surface area contributed by atoms with E-state index in [4.69, 9.17) is 10.3 Å². The molecule has 1 aromatic carbocycles. The van der Waals surface area contributed by atoms with Crippen molar-refractivity contribution in [2.75, 3.05) is 6.54 Å². The van der Waals surface area contributed by atoms with Gasteiger partial charge < -0.3 is 15.6 Å². The number of nitrogens with two attached hydrogens (primary N) is 1. The van der Waals surface area contributed by atoms with E-state index in [1.54, 1.807) is 19.1 Å². The van der Waals surface area contributed by atoms with Gasteiger partial charge in [-0.15, -0.1) is 12.4 Å². The zero-order chi connectivity index (χ0) is 18.4. The third kappa shape index (κ3) is 5.25. The second-order valence-corrected chi connectivity index (χ2v) is 6.22. The molecule has 3 N–H and O–H groups in total. The lowest BCUT2D eigenvalue weighted by Crippen LogP contribution is -2.52. The van der Waals surface area contributed by atoms with Gasteiger partial charge in [0.25, 0.3) is 0 Å². The Hall–Kier alpha value is -1.99. The summed E-state index contributed by atoms with van der Waals surface area (Å²) in [6.07, 6.45) is 2.10. The maximum absolute atomic E-state index is 13.6. The molecule has 2 rings (SSSR count). The van der Waals surface area contributed by atoms with Crippen LogP contribution in [0.25, 0.3) is 11.4 Å². The third-order valence-corrected chi connectivity index (χ3v) is 4.61. The van der Waals surface area contributed by atoms with Crippen molar-refractivity contribution >= 4 is 18.3 Å². The van der Waals surface area contributed by atoms with Crippen molar-refractivity contribution in [3.8, 4) is 11.4 Å². The summed E-state index contributed by atoms with van der Waals surface area (Å²) >= 11 is 0. The van der Waals surface area contributed by atoms with E-state index in [0.717, 1.165) is 12.8 Å². The number of carbonyl (C=O) groups is 1. The minimum atomic E-state index is -0.365. The number of hydrogen-bond donors (Lipinski definition) is 2. The molecule has 0 bridgehead atoms. The van der Waals surface area contributed by atoms with Crippen molar-refractivity contribution in [3.05, 3.63) is 35.5 Å². The second-order valence-electron chi connectivity index (χ2n) is 6.22. The van der Waals surface area contributed by atoms with E-state index in [1.807, 2.05) is 13.8 Å². The molecule has 0 aliphatic rings. The number of rotatable bonds is 8. The molecular weight excluding hydrogens is 359 g/mol. The fourth-order valence-corrected chi connectivity index (χ4v) is 2.55. The van der Waals surface area contributed by atoms with Crippen LogP contribution in [0.3, 0.4) is 0 Å². The van der Waals surface area contributed by atoms with Crippen LogP contribution >= 0.6 is 12.4 Å². The number of aryl methyl sites for hydroxylation is 2. The van der Waals surface area contributed by atoms with Gasteiger partial charge in [-0.1, -0.05) is 31.1 Å². The number of carbonyl (C=O) groups excluding carboxylic acids is 1. The molecule has 0 atom stereocenters. The molecule has 26 heavy (non-hydrogen) atoms. The van der Waals surface area contributed by atoms with Crippen molar-refractivity contribution in [1.82, 2.24) is 15.5 Å². The van der Waals surface area contributed by atoms with Crippen molar-refractivity contribution in [2.45, 2.75) is 52.0 Å². The van der Waals surface area contributed by atoms with E-state index in [0.29, 0.717) is 35.8 Å². The van der Waals surface area contributed by atoms with E-state index in [-0.39, 0.29) is 36.1 Å². The van der Waals surface area contributed by atoms with Gasteiger partial charge >= 0.3 is 0 Å². The van der Waals surface area contributed by atoms with E-state index < -0.39 is 0 Å². The number of nitrogens with one attached hydrogen (secondary N) is 1. The summed E-state index contributed by atoms with van der Waals surface area (Å²) in [5.74, 6) is 0.237. The van der Waals surface area contributed by atoms with E-state index in [2.05, 4.69) is 15.5 Å². The van der Waals surface area contributed by atoms with Crippen molar-refractivity contribution < 1.29 is 13.7 Å². The summed E-state index contributed by atoms with van der Waals surface area (Å²) in [6, 6.07) is 4.77. The monoisotopic (exact) mass is 384 g/mol. The summed E-state index contributed by atoms with van der Waals surface area (Å²) in [6.45, 7) is 6.09. The van der Waals surface area contributed by atoms with Gasteiger partial charge in [-0.2, -0.15) is 4.98 Å². The quantitative estimate of drug-likeness (QED) is 0.729. The first-order chi connectivity index (χ1) is 11.9. The van der Waals surface area contributed by atoms with Gasteiger partial charge in [0.1, 0.15) is 5.82 Å². The van der Waals surface area contributed by atoms with Crippen LogP contribution in [-0.4, -0.2) is 28.1 Å². The number of halogens is 2. The fourth-order valence-electron chi connectivity index (χ4n) is 2.55. The van der Waals surface area contributed by atoms with Gasteiger partial charge in [0, 0.05) is 24.9 Å². The number of benzene rings is 1. The Kier molecular flexibility index (Phi) is 8.17. The second kappa shape index (κ2) is 9.64. The Labute approximate surface area is 159 Å². The smallest absolute Gasteiger partial charge is 0.227 e. The van der Waals surface area contributed by atoms with Crippen molar-refractivity contribution in [1.29, 1.82) is 0 Å². The zero-order valence-corrected chi connectivity index (χ0v) is 16.2. The first kappa shape index (κ1) is 22.1. The highest BCUT2D eigenvalue weighted by Gasteiger charge is 2.26. The Morgan fingerprint density at radius 2 is 2.04 bits per heavy atom. The van der Waals surface area contributed by atoms with Crippen LogP contribution in [0.15, 0.2) is 22.7 Å². The normalized spacial score (nSPS) is 11.1. The predicted molar refractivity (Wildman–Crippen MR) is 101 cm³/mol. The maximum Gasteiger partial charge on any atom is 0.227 e. The number of aromatic nitrogens is 2. The lowest BCUT2D eigenvalue weighted by molar-refractivity contribution is -0.123. The molecule has 2 aromatic rings. The predicted octanol–water partition coefficient (Wildman–Crippen LogP) is 3.17. The van der Waals surface area contributed by atoms with Gasteiger partial charge in [-0.3, -0.25) is 4.79 Å². The summed E-state index contributed by atoms with van der Waals surface area (Å²) in [5, 5.41) is 6.85. The van der Waals surface area contributed by atoms with Crippen LogP contribution in [0.1, 0.15) is 44.6 Å². The SMILES string of the molecule is CCC(CC)(CN)NC(=O)CCc1nc(-c2ccc(C)c(F)c2)no1.Cl. The minimum Gasteiger partial charge on any atom is -0.349 e. The van der Waals surface area contributed by atoms with Crippen molar-refractivity contribution in [2.24, 2.45) is 5.73 Å². The zero-order valence-electron chi connectivity index (χ0n) is 15.3. The van der Waals surface area contributed by atoms with Crippen LogP contribution in [0.5, 0.6) is 0 Å².